The number of nitrogen functional groups attached to an aromatic ring is 1. The van der Waals surface area contributed by atoms with E-state index in [2.05, 4.69) is 11.9 Å². The van der Waals surface area contributed by atoms with E-state index in [4.69, 9.17) is 21.3 Å². The highest BCUT2D eigenvalue weighted by Crippen LogP contribution is 2.45. The molecule has 2 aliphatic heterocycles. The Hall–Kier alpha value is -5.32. The van der Waals surface area contributed by atoms with Crippen LogP contribution < -0.4 is 32.0 Å². The van der Waals surface area contributed by atoms with Gasteiger partial charge in [0.2, 0.25) is 11.8 Å². The van der Waals surface area contributed by atoms with E-state index >= 15 is 0 Å². The summed E-state index contributed by atoms with van der Waals surface area (Å²) in [6, 6.07) is 7.03. The highest BCUT2D eigenvalue weighted by atomic mass is 32.2. The summed E-state index contributed by atoms with van der Waals surface area (Å²) in [6.45, 7) is 3.65. The molecule has 2 atom stereocenters. The van der Waals surface area contributed by atoms with Gasteiger partial charge in [-0.15, -0.1) is 11.8 Å². The number of likely N-dealkylation sites (tertiary alicyclic amines) is 1. The molecule has 3 amide bonds. The lowest BCUT2D eigenvalue weighted by molar-refractivity contribution is -0.139. The molecule has 2 aliphatic rings. The highest BCUT2D eigenvalue weighted by molar-refractivity contribution is 8.00. The number of nitrogens with one attached hydrogen (secondary N) is 1. The number of ether oxygens (including phenoxy) is 1. The van der Waals surface area contributed by atoms with Crippen LogP contribution in [-0.4, -0.2) is 101 Å². The van der Waals surface area contributed by atoms with E-state index in [0.29, 0.717) is 19.3 Å². The number of carbonyl (C=O) groups is 5. The van der Waals surface area contributed by atoms with Gasteiger partial charge in [0.1, 0.15) is 36.1 Å². The van der Waals surface area contributed by atoms with Gasteiger partial charge in [-0.1, -0.05) is 18.7 Å². The highest BCUT2D eigenvalue weighted by Gasteiger charge is 2.39. The summed E-state index contributed by atoms with van der Waals surface area (Å²) >= 11 is 0.995. The van der Waals surface area contributed by atoms with Gasteiger partial charge in [-0.25, -0.2) is 21.6 Å². The van der Waals surface area contributed by atoms with E-state index in [1.54, 1.807) is 0 Å². The first-order valence-electron chi connectivity index (χ1n) is 16.2. The molecule has 292 valence electrons. The molecular formula is C34H32N4O14S3-2. The Kier molecular flexibility index (Phi) is 11.7. The topological polar surface area (TPSA) is 317 Å². The summed E-state index contributed by atoms with van der Waals surface area (Å²) in [5.41, 5.74) is 9.08. The van der Waals surface area contributed by atoms with Gasteiger partial charge in [0.15, 0.2) is 11.5 Å². The molecule has 3 aromatic rings. The number of hydrogen-bond donors (Lipinski definition) is 5. The number of thioether (sulfide) groups is 1. The first-order valence-corrected chi connectivity index (χ1v) is 20.1. The molecule has 3 aromatic carbocycles. The van der Waals surface area contributed by atoms with Crippen LogP contribution in [0, 0.1) is 0 Å². The lowest BCUT2D eigenvalue weighted by Crippen LogP contribution is -2.35. The normalized spacial score (nSPS) is 15.9. The monoisotopic (exact) mass is 816 g/mol. The number of carboxylic acid groups (broad SMARTS) is 2. The number of amides is 3. The molecule has 0 aromatic heterocycles. The minimum Gasteiger partial charge on any atom is -0.744 e. The van der Waals surface area contributed by atoms with Gasteiger partial charge in [0, 0.05) is 52.7 Å². The second-order valence-corrected chi connectivity index (χ2v) is 16.2. The zero-order valence-electron chi connectivity index (χ0n) is 28.5. The van der Waals surface area contributed by atoms with Crippen LogP contribution in [0.25, 0.3) is 12.2 Å². The van der Waals surface area contributed by atoms with E-state index in [0.717, 1.165) is 34.9 Å². The van der Waals surface area contributed by atoms with Crippen molar-refractivity contribution >= 4 is 79.5 Å². The summed E-state index contributed by atoms with van der Waals surface area (Å²) in [6.07, 6.45) is 1.02. The third-order valence-corrected chi connectivity index (χ3v) is 11.9. The first-order chi connectivity index (χ1) is 25.7. The lowest BCUT2D eigenvalue weighted by atomic mass is 9.86. The predicted octanol–water partition coefficient (Wildman–Crippen LogP) is -0.289. The number of rotatable bonds is 15. The van der Waals surface area contributed by atoms with Crippen molar-refractivity contribution in [3.63, 3.8) is 0 Å². The number of nitrogens with zero attached hydrogens (tertiary/aromatic N) is 1. The van der Waals surface area contributed by atoms with Crippen LogP contribution in [0.1, 0.15) is 57.5 Å². The quantitative estimate of drug-likeness (QED) is 0.0445. The number of anilines is 1. The number of unbranched alkanes of at least 4 members (excludes halogenated alkanes) is 2. The number of imide groups is 1. The fourth-order valence-corrected chi connectivity index (χ4v) is 8.81. The second-order valence-electron chi connectivity index (χ2n) is 12.4. The Labute approximate surface area is 317 Å². The van der Waals surface area contributed by atoms with Crippen LogP contribution in [0.3, 0.4) is 0 Å². The molecule has 21 heteroatoms. The zero-order chi connectivity index (χ0) is 40.6. The van der Waals surface area contributed by atoms with E-state index in [9.17, 15) is 55.0 Å². The fraction of sp³-hybridized carbons (Fsp3) is 0.265. The maximum atomic E-state index is 13.8. The summed E-state index contributed by atoms with van der Waals surface area (Å²) in [4.78, 5) is 61.5. The van der Waals surface area contributed by atoms with Crippen LogP contribution in [0.4, 0.5) is 5.69 Å². The summed E-state index contributed by atoms with van der Waals surface area (Å²) in [5.74, 6) is -6.08. The summed E-state index contributed by atoms with van der Waals surface area (Å²) in [5, 5.41) is 20.5. The average molecular weight is 817 g/mol. The minimum atomic E-state index is -5.46. The van der Waals surface area contributed by atoms with Crippen LogP contribution in [0.2, 0.25) is 0 Å². The molecular weight excluding hydrogens is 785 g/mol. The number of nitrogens with two attached hydrogens (primary N) is 2. The van der Waals surface area contributed by atoms with Gasteiger partial charge in [-0.05, 0) is 54.8 Å². The number of fused-ring (bicyclic) bond motifs is 2. The number of aliphatic carboxylic acids is 1. The Morgan fingerprint density at radius 1 is 0.964 bits per heavy atom. The van der Waals surface area contributed by atoms with Gasteiger partial charge >= 0.3 is 11.9 Å². The summed E-state index contributed by atoms with van der Waals surface area (Å²) in [7, 11) is -10.9. The first kappa shape index (κ1) is 40.9. The maximum Gasteiger partial charge on any atom is 0.336 e. The Bertz CT molecular complexity index is 2490. The third-order valence-electron chi connectivity index (χ3n) is 8.71. The van der Waals surface area contributed by atoms with Crippen LogP contribution >= 0.6 is 11.8 Å². The van der Waals surface area contributed by atoms with E-state index < -0.39 is 93.7 Å². The van der Waals surface area contributed by atoms with Crippen molar-refractivity contribution in [1.82, 2.24) is 10.2 Å². The van der Waals surface area contributed by atoms with Crippen molar-refractivity contribution in [3.8, 4) is 11.5 Å². The van der Waals surface area contributed by atoms with Crippen molar-refractivity contribution in [2.45, 2.75) is 46.8 Å². The van der Waals surface area contributed by atoms with Crippen molar-refractivity contribution < 1.29 is 64.9 Å². The smallest absolute Gasteiger partial charge is 0.336 e. The Morgan fingerprint density at radius 3 is 2.27 bits per heavy atom. The SMILES string of the molecule is C=c1ccc2c(c1S(=O)(=O)[O-])Oc1c(ccc(N)c1S(=O)(=O)[O-])C=2c1c(C(=O)O)cccc1C(=O)NCCCCCN1C(=O)CC(SC[C@H](N)C(=O)O)C1=O. The van der Waals surface area contributed by atoms with E-state index in [1.807, 2.05) is 0 Å². The minimum absolute atomic E-state index is 0.0210. The van der Waals surface area contributed by atoms with Gasteiger partial charge in [0.05, 0.1) is 16.5 Å². The molecule has 0 saturated carbocycles. The molecule has 7 N–H and O–H groups in total. The number of hydrogen-bond acceptors (Lipinski definition) is 15. The summed E-state index contributed by atoms with van der Waals surface area (Å²) < 4.78 is 80.3. The van der Waals surface area contributed by atoms with Crippen molar-refractivity contribution in [2.75, 3.05) is 24.6 Å². The van der Waals surface area contributed by atoms with Crippen molar-refractivity contribution in [3.05, 3.63) is 75.2 Å². The largest absolute Gasteiger partial charge is 0.744 e. The maximum absolute atomic E-state index is 13.8. The van der Waals surface area contributed by atoms with Crippen molar-refractivity contribution in [1.29, 1.82) is 0 Å². The van der Waals surface area contributed by atoms with Crippen LogP contribution in [-0.2, 0) is 34.6 Å². The predicted molar refractivity (Wildman–Crippen MR) is 192 cm³/mol. The molecule has 0 radical (unpaired) electrons. The second kappa shape index (κ2) is 15.8. The lowest BCUT2D eigenvalue weighted by Gasteiger charge is -2.28. The molecule has 1 fully saturated rings. The van der Waals surface area contributed by atoms with Crippen LogP contribution in [0.5, 0.6) is 11.5 Å². The van der Waals surface area contributed by atoms with Gasteiger partial charge in [0.25, 0.3) is 5.91 Å². The Balaban J connectivity index is 1.45. The molecule has 0 bridgehead atoms. The molecule has 18 nitrogen and oxygen atoms in total. The van der Waals surface area contributed by atoms with Gasteiger partial charge in [-0.2, -0.15) is 0 Å². The molecule has 5 rings (SSSR count). The molecule has 55 heavy (non-hydrogen) atoms. The molecule has 1 unspecified atom stereocenters. The van der Waals surface area contributed by atoms with Crippen LogP contribution in [0.15, 0.2) is 52.3 Å². The molecule has 0 spiro atoms. The van der Waals surface area contributed by atoms with Crippen molar-refractivity contribution in [2.24, 2.45) is 5.73 Å². The number of benzene rings is 3. The molecule has 0 aliphatic carbocycles. The molecule has 2 heterocycles. The standard InChI is InChI=1S/C34H34N4O14S3/c1-16-8-9-17-25(18-10-11-21(35)30(55(49,50)51)28(18)52-27(17)29(16)54(46,47)48)26-19(6-5-7-20(26)33(42)43)31(40)37-12-3-2-4-13-38-24(39)14-23(32(38)41)53-15-22(36)34(44)45/h5-11,22-23H,1-4,12-15,35-36H2,(H,37,40)(H,42,43)(H,44,45)(H,46,47,48)(H,49,50,51)/p-2/t22-,23?/m0/s1. The third kappa shape index (κ3) is 8.35. The van der Waals surface area contributed by atoms with Gasteiger partial charge < -0.3 is 40.8 Å². The zero-order valence-corrected chi connectivity index (χ0v) is 30.9. The van der Waals surface area contributed by atoms with Gasteiger partial charge in [-0.3, -0.25) is 24.1 Å². The molecule has 1 saturated heterocycles. The number of carboxylic acids is 2. The van der Waals surface area contributed by atoms with E-state index in [1.165, 1.54) is 24.3 Å². The van der Waals surface area contributed by atoms with E-state index in [-0.39, 0.29) is 58.0 Å². The number of carbonyl (C=O) groups excluding carboxylic acids is 3. The number of aromatic carboxylic acids is 1. The average Bonchev–Trinajstić information content (AvgIpc) is 3.36. The fourth-order valence-electron chi connectivity index (χ4n) is 6.19. The Morgan fingerprint density at radius 2 is 1.64 bits per heavy atom.